The summed E-state index contributed by atoms with van der Waals surface area (Å²) in [5, 5.41) is 10.00. The van der Waals surface area contributed by atoms with Crippen LogP contribution in [0.25, 0.3) is 11.8 Å². The number of hydrogen-bond donors (Lipinski definition) is 1. The monoisotopic (exact) mass is 281 g/mol. The lowest BCUT2D eigenvalue weighted by Gasteiger charge is -2.20. The van der Waals surface area contributed by atoms with Gasteiger partial charge in [0.05, 0.1) is 11.3 Å². The number of rotatable bonds is 2. The molecule has 0 unspecified atom stereocenters. The Morgan fingerprint density at radius 3 is 2.38 bits per heavy atom. The molecule has 3 nitrogen and oxygen atoms in total. The first-order chi connectivity index (χ1) is 9.86. The second-order valence-corrected chi connectivity index (χ2v) is 6.12. The molecule has 1 N–H and O–H groups in total. The van der Waals surface area contributed by atoms with E-state index < -0.39 is 5.60 Å². The van der Waals surface area contributed by atoms with Gasteiger partial charge >= 0.3 is 0 Å². The number of fused-ring (bicyclic) bond motifs is 1. The SMILES string of the molecule is Cc1ccc2n1C=C(c1ccc(C(C)(C)O)cc1)CC2=O. The topological polar surface area (TPSA) is 42.2 Å². The lowest BCUT2D eigenvalue weighted by atomic mass is 9.93. The second kappa shape index (κ2) is 4.71. The molecule has 0 spiro atoms. The van der Waals surface area contributed by atoms with Gasteiger partial charge in [0, 0.05) is 18.3 Å². The summed E-state index contributed by atoms with van der Waals surface area (Å²) in [6, 6.07) is 11.6. The van der Waals surface area contributed by atoms with Gasteiger partial charge in [-0.05, 0) is 49.6 Å². The fourth-order valence-electron chi connectivity index (χ4n) is 2.68. The maximum atomic E-state index is 12.2. The van der Waals surface area contributed by atoms with Crippen LogP contribution in [0.3, 0.4) is 0 Å². The van der Waals surface area contributed by atoms with Gasteiger partial charge in [0.2, 0.25) is 0 Å². The smallest absolute Gasteiger partial charge is 0.183 e. The third-order valence-electron chi connectivity index (χ3n) is 4.01. The van der Waals surface area contributed by atoms with Crippen molar-refractivity contribution in [2.24, 2.45) is 0 Å². The number of benzene rings is 1. The largest absolute Gasteiger partial charge is 0.386 e. The fourth-order valence-corrected chi connectivity index (χ4v) is 2.68. The van der Waals surface area contributed by atoms with E-state index >= 15 is 0 Å². The number of aryl methyl sites for hydroxylation is 1. The number of ketones is 1. The molecular formula is C18H19NO2. The van der Waals surface area contributed by atoms with Gasteiger partial charge in [0.15, 0.2) is 5.78 Å². The highest BCUT2D eigenvalue weighted by molar-refractivity contribution is 6.06. The summed E-state index contributed by atoms with van der Waals surface area (Å²) in [5.41, 5.74) is 3.86. The molecule has 0 aliphatic carbocycles. The molecule has 3 heteroatoms. The molecule has 0 saturated heterocycles. The maximum absolute atomic E-state index is 12.2. The first-order valence-electron chi connectivity index (χ1n) is 7.11. The molecule has 108 valence electrons. The Kier molecular flexibility index (Phi) is 3.10. The number of allylic oxidation sites excluding steroid dienone is 1. The molecule has 1 aliphatic rings. The minimum absolute atomic E-state index is 0.146. The number of aromatic nitrogens is 1. The molecule has 0 atom stereocenters. The van der Waals surface area contributed by atoms with Crippen molar-refractivity contribution >= 4 is 17.6 Å². The molecule has 0 saturated carbocycles. The average Bonchev–Trinajstić information content (AvgIpc) is 2.80. The van der Waals surface area contributed by atoms with Crippen molar-refractivity contribution < 1.29 is 9.90 Å². The van der Waals surface area contributed by atoms with Crippen LogP contribution in [0.5, 0.6) is 0 Å². The Balaban J connectivity index is 2.00. The van der Waals surface area contributed by atoms with E-state index in [4.69, 9.17) is 0 Å². The van der Waals surface area contributed by atoms with Crippen molar-refractivity contribution in [3.05, 3.63) is 58.9 Å². The Morgan fingerprint density at radius 2 is 1.76 bits per heavy atom. The summed E-state index contributed by atoms with van der Waals surface area (Å²) in [6.45, 7) is 5.52. The standard InChI is InChI=1S/C18H19NO2/c1-12-4-9-16-17(20)10-14(11-19(12)16)13-5-7-15(8-6-13)18(2,3)21/h4-9,11,21H,10H2,1-3H3. The summed E-state index contributed by atoms with van der Waals surface area (Å²) < 4.78 is 1.95. The molecule has 2 heterocycles. The van der Waals surface area contributed by atoms with Gasteiger partial charge in [-0.2, -0.15) is 0 Å². The number of Topliss-reactive ketones (excluding diaryl/α,β-unsaturated/α-hetero) is 1. The number of hydrogen-bond acceptors (Lipinski definition) is 2. The van der Waals surface area contributed by atoms with Gasteiger partial charge in [0.25, 0.3) is 0 Å². The first-order valence-corrected chi connectivity index (χ1v) is 7.11. The van der Waals surface area contributed by atoms with Crippen LogP contribution in [-0.4, -0.2) is 15.5 Å². The second-order valence-electron chi connectivity index (χ2n) is 6.12. The van der Waals surface area contributed by atoms with Crippen molar-refractivity contribution in [2.45, 2.75) is 32.8 Å². The van der Waals surface area contributed by atoms with E-state index in [1.807, 2.05) is 54.1 Å². The van der Waals surface area contributed by atoms with Crippen molar-refractivity contribution in [3.63, 3.8) is 0 Å². The summed E-state index contributed by atoms with van der Waals surface area (Å²) in [7, 11) is 0. The van der Waals surface area contributed by atoms with Crippen molar-refractivity contribution in [1.82, 2.24) is 4.57 Å². The molecule has 1 aromatic heterocycles. The van der Waals surface area contributed by atoms with Crippen LogP contribution in [0, 0.1) is 6.92 Å². The molecule has 0 amide bonds. The quantitative estimate of drug-likeness (QED) is 0.913. The summed E-state index contributed by atoms with van der Waals surface area (Å²) in [5.74, 6) is 0.146. The molecule has 1 aromatic carbocycles. The number of nitrogens with zero attached hydrogens (tertiary/aromatic N) is 1. The third kappa shape index (κ3) is 2.45. The molecule has 2 aromatic rings. The zero-order valence-electron chi connectivity index (χ0n) is 12.6. The molecule has 0 radical (unpaired) electrons. The highest BCUT2D eigenvalue weighted by atomic mass is 16.3. The zero-order chi connectivity index (χ0) is 15.2. The van der Waals surface area contributed by atoms with E-state index in [2.05, 4.69) is 0 Å². The zero-order valence-corrected chi connectivity index (χ0v) is 12.6. The van der Waals surface area contributed by atoms with Crippen LogP contribution in [0.2, 0.25) is 0 Å². The van der Waals surface area contributed by atoms with Crippen LogP contribution in [-0.2, 0) is 5.60 Å². The highest BCUT2D eigenvalue weighted by Gasteiger charge is 2.21. The summed E-state index contributed by atoms with van der Waals surface area (Å²) >= 11 is 0. The van der Waals surface area contributed by atoms with E-state index in [-0.39, 0.29) is 5.78 Å². The molecule has 0 bridgehead atoms. The van der Waals surface area contributed by atoms with Crippen LogP contribution >= 0.6 is 0 Å². The van der Waals surface area contributed by atoms with Crippen molar-refractivity contribution in [3.8, 4) is 0 Å². The van der Waals surface area contributed by atoms with Gasteiger partial charge in [-0.25, -0.2) is 0 Å². The van der Waals surface area contributed by atoms with E-state index in [0.29, 0.717) is 6.42 Å². The first kappa shape index (κ1) is 13.8. The predicted octanol–water partition coefficient (Wildman–Crippen LogP) is 3.61. The van der Waals surface area contributed by atoms with Gasteiger partial charge in [-0.3, -0.25) is 4.79 Å². The summed E-state index contributed by atoms with van der Waals surface area (Å²) in [6.07, 6.45) is 2.45. The molecule has 1 aliphatic heterocycles. The summed E-state index contributed by atoms with van der Waals surface area (Å²) in [4.78, 5) is 12.2. The van der Waals surface area contributed by atoms with Crippen LogP contribution in [0.4, 0.5) is 0 Å². The van der Waals surface area contributed by atoms with Gasteiger partial charge in [-0.1, -0.05) is 24.3 Å². The number of carbonyl (C=O) groups is 1. The normalized spacial score (nSPS) is 14.9. The van der Waals surface area contributed by atoms with E-state index in [9.17, 15) is 9.90 Å². The van der Waals surface area contributed by atoms with Crippen LogP contribution < -0.4 is 0 Å². The Hall–Kier alpha value is -2.13. The predicted molar refractivity (Wildman–Crippen MR) is 84.0 cm³/mol. The highest BCUT2D eigenvalue weighted by Crippen LogP contribution is 2.29. The minimum Gasteiger partial charge on any atom is -0.386 e. The number of carbonyl (C=O) groups excluding carboxylic acids is 1. The van der Waals surface area contributed by atoms with Gasteiger partial charge < -0.3 is 9.67 Å². The maximum Gasteiger partial charge on any atom is 0.183 e. The van der Waals surface area contributed by atoms with Gasteiger partial charge in [-0.15, -0.1) is 0 Å². The van der Waals surface area contributed by atoms with Crippen molar-refractivity contribution in [2.75, 3.05) is 0 Å². The van der Waals surface area contributed by atoms with E-state index in [1.54, 1.807) is 13.8 Å². The van der Waals surface area contributed by atoms with Crippen molar-refractivity contribution in [1.29, 1.82) is 0 Å². The average molecular weight is 281 g/mol. The fraction of sp³-hybridized carbons (Fsp3) is 0.278. The van der Waals surface area contributed by atoms with E-state index in [0.717, 1.165) is 28.1 Å². The third-order valence-corrected chi connectivity index (χ3v) is 4.01. The van der Waals surface area contributed by atoms with Crippen LogP contribution in [0.15, 0.2) is 36.4 Å². The Labute approximate surface area is 124 Å². The van der Waals surface area contributed by atoms with E-state index in [1.165, 1.54) is 0 Å². The van der Waals surface area contributed by atoms with Gasteiger partial charge in [0.1, 0.15) is 0 Å². The lowest BCUT2D eigenvalue weighted by molar-refractivity contribution is 0.0786. The Morgan fingerprint density at radius 1 is 1.10 bits per heavy atom. The molecular weight excluding hydrogens is 262 g/mol. The molecule has 0 fully saturated rings. The molecule has 3 rings (SSSR count). The Bertz CT molecular complexity index is 728. The minimum atomic E-state index is -0.848. The lowest BCUT2D eigenvalue weighted by Crippen LogP contribution is -2.15. The number of aliphatic hydroxyl groups is 1. The molecule has 21 heavy (non-hydrogen) atoms. The van der Waals surface area contributed by atoms with Crippen LogP contribution in [0.1, 0.15) is 47.6 Å².